The molecule has 14 heteroatoms. The zero-order valence-corrected chi connectivity index (χ0v) is 19.2. The van der Waals surface area contributed by atoms with Gasteiger partial charge in [-0.25, -0.2) is 18.1 Å². The summed E-state index contributed by atoms with van der Waals surface area (Å²) in [5, 5.41) is 7.63. The molecule has 3 aromatic rings. The highest BCUT2D eigenvalue weighted by Gasteiger charge is 2.29. The van der Waals surface area contributed by atoms with Crippen molar-refractivity contribution in [2.75, 3.05) is 26.0 Å². The lowest BCUT2D eigenvalue weighted by molar-refractivity contribution is -0.154. The molecule has 0 aliphatic heterocycles. The fourth-order valence-corrected chi connectivity index (χ4v) is 3.60. The fraction of sp³-hybridized carbons (Fsp3) is 0.400. The molecule has 0 unspecified atom stereocenters. The number of fused-ring (bicyclic) bond motifs is 1. The molecule has 3 aromatic heterocycles. The number of carbonyl (C=O) groups excluding carboxylic acids is 1. The topological polar surface area (TPSA) is 128 Å². The lowest BCUT2D eigenvalue weighted by Crippen LogP contribution is -2.29. The maximum Gasteiger partial charge on any atom is 0.422 e. The van der Waals surface area contributed by atoms with Crippen molar-refractivity contribution in [1.29, 1.82) is 0 Å². The van der Waals surface area contributed by atoms with Gasteiger partial charge in [0.1, 0.15) is 5.69 Å². The van der Waals surface area contributed by atoms with Crippen LogP contribution >= 0.6 is 0 Å². The van der Waals surface area contributed by atoms with Gasteiger partial charge < -0.3 is 10.1 Å². The van der Waals surface area contributed by atoms with Crippen molar-refractivity contribution in [3.05, 3.63) is 47.5 Å². The molecular weight excluding hydrogens is 477 g/mol. The molecular formula is C20H23F3N6O4S. The molecule has 3 heterocycles. The number of alkyl halides is 3. The van der Waals surface area contributed by atoms with Gasteiger partial charge >= 0.3 is 6.18 Å². The number of amides is 1. The fourth-order valence-electron chi connectivity index (χ4n) is 3.08. The predicted octanol–water partition coefficient (Wildman–Crippen LogP) is 1.79. The van der Waals surface area contributed by atoms with E-state index in [2.05, 4.69) is 25.1 Å². The van der Waals surface area contributed by atoms with Crippen LogP contribution in [0.15, 0.2) is 30.7 Å². The number of nitrogens with zero attached hydrogens (tertiary/aromatic N) is 4. The Balaban J connectivity index is 1.66. The van der Waals surface area contributed by atoms with E-state index < -0.39 is 28.7 Å². The lowest BCUT2D eigenvalue weighted by Gasteiger charge is -2.11. The highest BCUT2D eigenvalue weighted by molar-refractivity contribution is 7.88. The Labute approximate surface area is 193 Å². The number of carbonyl (C=O) groups is 1. The van der Waals surface area contributed by atoms with Gasteiger partial charge in [0.2, 0.25) is 15.9 Å². The Hall–Kier alpha value is -3.26. The molecule has 0 bridgehead atoms. The Morgan fingerprint density at radius 1 is 1.24 bits per heavy atom. The van der Waals surface area contributed by atoms with Gasteiger partial charge in [-0.2, -0.15) is 18.3 Å². The molecule has 0 aliphatic carbocycles. The van der Waals surface area contributed by atoms with Crippen molar-refractivity contribution in [1.82, 2.24) is 29.8 Å². The molecule has 1 amide bonds. The van der Waals surface area contributed by atoms with E-state index in [0.29, 0.717) is 28.5 Å². The van der Waals surface area contributed by atoms with Crippen LogP contribution in [0.5, 0.6) is 5.88 Å². The van der Waals surface area contributed by atoms with Crippen LogP contribution in [0.4, 0.5) is 13.2 Å². The van der Waals surface area contributed by atoms with Crippen molar-refractivity contribution >= 4 is 26.8 Å². The van der Waals surface area contributed by atoms with E-state index in [1.165, 1.54) is 12.4 Å². The predicted molar refractivity (Wildman–Crippen MR) is 117 cm³/mol. The SMILES string of the molecule is Cc1cc(Cn2cc3c(C(=O)NCCCNS(C)(=O)=O)nccc3n2)cnc1OCC(F)(F)F. The zero-order chi connectivity index (χ0) is 24.9. The van der Waals surface area contributed by atoms with Crippen LogP contribution < -0.4 is 14.8 Å². The van der Waals surface area contributed by atoms with Crippen LogP contribution in [0.25, 0.3) is 10.9 Å². The first-order valence-electron chi connectivity index (χ1n) is 10.1. The zero-order valence-electron chi connectivity index (χ0n) is 18.4. The molecule has 0 aromatic carbocycles. The van der Waals surface area contributed by atoms with Crippen LogP contribution in [-0.4, -0.2) is 66.2 Å². The van der Waals surface area contributed by atoms with Crippen molar-refractivity contribution in [2.24, 2.45) is 0 Å². The van der Waals surface area contributed by atoms with Crippen molar-refractivity contribution in [3.63, 3.8) is 0 Å². The molecule has 34 heavy (non-hydrogen) atoms. The molecule has 0 atom stereocenters. The van der Waals surface area contributed by atoms with Gasteiger partial charge in [-0.3, -0.25) is 14.5 Å². The summed E-state index contributed by atoms with van der Waals surface area (Å²) in [5.74, 6) is -0.519. The third-order valence-electron chi connectivity index (χ3n) is 4.50. The van der Waals surface area contributed by atoms with Gasteiger partial charge in [-0.05, 0) is 31.0 Å². The summed E-state index contributed by atoms with van der Waals surface area (Å²) in [5.41, 5.74) is 1.84. The van der Waals surface area contributed by atoms with Gasteiger partial charge in [0.15, 0.2) is 6.61 Å². The Morgan fingerprint density at radius 2 is 2.00 bits per heavy atom. The van der Waals surface area contributed by atoms with Gasteiger partial charge in [0.25, 0.3) is 5.91 Å². The number of sulfonamides is 1. The standard InChI is InChI=1S/C20H23F3N6O4S/c1-13-8-14(9-26-19(13)33-12-20(21,22)23)10-29-11-15-16(28-29)4-7-24-17(15)18(30)25-5-3-6-27-34(2,31)32/h4,7-9,11,27H,3,5-6,10,12H2,1-2H3,(H,25,30). The van der Waals surface area contributed by atoms with Gasteiger partial charge in [-0.15, -0.1) is 0 Å². The normalized spacial score (nSPS) is 12.1. The van der Waals surface area contributed by atoms with Gasteiger partial charge in [0.05, 0.1) is 23.7 Å². The Bertz CT molecular complexity index is 1280. The van der Waals surface area contributed by atoms with Crippen molar-refractivity contribution in [3.8, 4) is 5.88 Å². The summed E-state index contributed by atoms with van der Waals surface area (Å²) in [6, 6.07) is 3.30. The molecule has 0 fully saturated rings. The maximum absolute atomic E-state index is 12.5. The summed E-state index contributed by atoms with van der Waals surface area (Å²) in [6.07, 6.45) is 1.52. The molecule has 0 spiro atoms. The van der Waals surface area contributed by atoms with E-state index in [1.54, 1.807) is 29.9 Å². The summed E-state index contributed by atoms with van der Waals surface area (Å²) >= 11 is 0. The molecule has 2 N–H and O–H groups in total. The van der Waals surface area contributed by atoms with Crippen LogP contribution in [0, 0.1) is 6.92 Å². The molecule has 3 rings (SSSR count). The summed E-state index contributed by atoms with van der Waals surface area (Å²) < 4.78 is 67.8. The first-order valence-corrected chi connectivity index (χ1v) is 12.0. The van der Waals surface area contributed by atoms with Crippen molar-refractivity contribution < 1.29 is 31.1 Å². The maximum atomic E-state index is 12.5. The highest BCUT2D eigenvalue weighted by atomic mass is 32.2. The second-order valence-corrected chi connectivity index (χ2v) is 9.40. The summed E-state index contributed by atoms with van der Waals surface area (Å²) in [4.78, 5) is 20.6. The van der Waals surface area contributed by atoms with E-state index >= 15 is 0 Å². The van der Waals surface area contributed by atoms with E-state index in [4.69, 9.17) is 4.74 Å². The summed E-state index contributed by atoms with van der Waals surface area (Å²) in [6.45, 7) is 0.889. The lowest BCUT2D eigenvalue weighted by atomic mass is 10.2. The second kappa shape index (κ2) is 10.3. The van der Waals surface area contributed by atoms with Crippen LogP contribution in [0.3, 0.4) is 0 Å². The molecule has 10 nitrogen and oxygen atoms in total. The average molecular weight is 501 g/mol. The Kier molecular flexibility index (Phi) is 7.71. The average Bonchev–Trinajstić information content (AvgIpc) is 3.13. The minimum atomic E-state index is -4.45. The number of nitrogens with one attached hydrogen (secondary N) is 2. The monoisotopic (exact) mass is 500 g/mol. The third kappa shape index (κ3) is 7.38. The summed E-state index contributed by atoms with van der Waals surface area (Å²) in [7, 11) is -3.29. The number of pyridine rings is 2. The molecule has 184 valence electrons. The molecule has 0 saturated carbocycles. The first kappa shape index (κ1) is 25.4. The van der Waals surface area contributed by atoms with Crippen LogP contribution in [-0.2, 0) is 16.6 Å². The number of aromatic nitrogens is 4. The number of ether oxygens (including phenoxy) is 1. The quantitative estimate of drug-likeness (QED) is 0.406. The smallest absolute Gasteiger partial charge is 0.422 e. The minimum Gasteiger partial charge on any atom is -0.468 e. The number of hydrogen-bond acceptors (Lipinski definition) is 7. The molecule has 0 saturated heterocycles. The number of hydrogen-bond donors (Lipinski definition) is 2. The largest absolute Gasteiger partial charge is 0.468 e. The van der Waals surface area contributed by atoms with E-state index in [0.717, 1.165) is 6.26 Å². The van der Waals surface area contributed by atoms with Gasteiger partial charge in [-0.1, -0.05) is 0 Å². The first-order chi connectivity index (χ1) is 15.9. The number of rotatable bonds is 10. The van der Waals surface area contributed by atoms with E-state index in [1.807, 2.05) is 0 Å². The number of aryl methyl sites for hydroxylation is 1. The van der Waals surface area contributed by atoms with E-state index in [9.17, 15) is 26.4 Å². The molecule has 0 aliphatic rings. The van der Waals surface area contributed by atoms with Crippen LogP contribution in [0.1, 0.15) is 28.0 Å². The third-order valence-corrected chi connectivity index (χ3v) is 5.23. The van der Waals surface area contributed by atoms with Crippen molar-refractivity contribution in [2.45, 2.75) is 26.1 Å². The second-order valence-electron chi connectivity index (χ2n) is 7.56. The minimum absolute atomic E-state index is 0.0957. The number of halogens is 3. The molecule has 0 radical (unpaired) electrons. The van der Waals surface area contributed by atoms with E-state index in [-0.39, 0.29) is 31.2 Å². The Morgan fingerprint density at radius 3 is 2.68 bits per heavy atom. The van der Waals surface area contributed by atoms with Gasteiger partial charge in [0, 0.05) is 37.2 Å². The highest BCUT2D eigenvalue weighted by Crippen LogP contribution is 2.21. The van der Waals surface area contributed by atoms with Crippen LogP contribution in [0.2, 0.25) is 0 Å².